The number of nitrogens with zero attached hydrogens (tertiary/aromatic N) is 3. The van der Waals surface area contributed by atoms with Crippen LogP contribution in [0.2, 0.25) is 0 Å². The molecule has 0 radical (unpaired) electrons. The predicted molar refractivity (Wildman–Crippen MR) is 83.7 cm³/mol. The SMILES string of the molecule is CCCN(Cc1cccc(N)c1)c1nc(C)cc(C)n1. The van der Waals surface area contributed by atoms with Crippen LogP contribution in [-0.4, -0.2) is 16.5 Å². The van der Waals surface area contributed by atoms with Crippen molar-refractivity contribution in [1.82, 2.24) is 9.97 Å². The number of nitrogens with two attached hydrogens (primary N) is 1. The van der Waals surface area contributed by atoms with Crippen LogP contribution in [0.15, 0.2) is 30.3 Å². The first-order chi connectivity index (χ1) is 9.58. The van der Waals surface area contributed by atoms with E-state index in [9.17, 15) is 0 Å². The van der Waals surface area contributed by atoms with Crippen LogP contribution in [0.25, 0.3) is 0 Å². The molecule has 0 fully saturated rings. The maximum Gasteiger partial charge on any atom is 0.226 e. The van der Waals surface area contributed by atoms with Crippen LogP contribution in [0.4, 0.5) is 11.6 Å². The van der Waals surface area contributed by atoms with E-state index in [2.05, 4.69) is 27.9 Å². The molecule has 1 aromatic carbocycles. The summed E-state index contributed by atoms with van der Waals surface area (Å²) < 4.78 is 0. The van der Waals surface area contributed by atoms with Crippen molar-refractivity contribution in [2.75, 3.05) is 17.2 Å². The maximum atomic E-state index is 5.85. The topological polar surface area (TPSA) is 55.0 Å². The quantitative estimate of drug-likeness (QED) is 0.848. The van der Waals surface area contributed by atoms with Crippen molar-refractivity contribution in [2.24, 2.45) is 0 Å². The summed E-state index contributed by atoms with van der Waals surface area (Å²) in [5.41, 5.74) is 9.82. The van der Waals surface area contributed by atoms with Crippen molar-refractivity contribution in [1.29, 1.82) is 0 Å². The van der Waals surface area contributed by atoms with Crippen LogP contribution in [0, 0.1) is 13.8 Å². The minimum atomic E-state index is 0.780. The molecule has 1 heterocycles. The predicted octanol–water partition coefficient (Wildman–Crippen LogP) is 3.09. The van der Waals surface area contributed by atoms with Gasteiger partial charge in [0.15, 0.2) is 0 Å². The highest BCUT2D eigenvalue weighted by molar-refractivity contribution is 5.42. The average molecular weight is 270 g/mol. The Labute approximate surface area is 120 Å². The normalized spacial score (nSPS) is 10.6. The fourth-order valence-corrected chi connectivity index (χ4v) is 2.28. The van der Waals surface area contributed by atoms with Crippen LogP contribution in [0.3, 0.4) is 0 Å². The molecule has 0 aliphatic heterocycles. The fraction of sp³-hybridized carbons (Fsp3) is 0.375. The summed E-state index contributed by atoms with van der Waals surface area (Å²) in [5.74, 6) is 0.798. The molecular formula is C16H22N4. The van der Waals surface area contributed by atoms with E-state index in [0.717, 1.165) is 42.5 Å². The van der Waals surface area contributed by atoms with Crippen molar-refractivity contribution in [3.63, 3.8) is 0 Å². The standard InChI is InChI=1S/C16H22N4/c1-4-8-20(11-14-6-5-7-15(17)10-14)16-18-12(2)9-13(3)19-16/h5-7,9-10H,4,8,11,17H2,1-3H3. The Morgan fingerprint density at radius 1 is 1.10 bits per heavy atom. The third kappa shape index (κ3) is 3.70. The molecule has 0 amide bonds. The van der Waals surface area contributed by atoms with Crippen molar-refractivity contribution in [3.8, 4) is 0 Å². The molecule has 0 aliphatic carbocycles. The Morgan fingerprint density at radius 3 is 2.40 bits per heavy atom. The summed E-state index contributed by atoms with van der Waals surface area (Å²) in [6, 6.07) is 9.97. The molecule has 2 aromatic rings. The molecule has 4 nitrogen and oxygen atoms in total. The molecule has 0 bridgehead atoms. The number of nitrogen functional groups attached to an aromatic ring is 1. The van der Waals surface area contributed by atoms with Gasteiger partial charge in [0.05, 0.1) is 0 Å². The lowest BCUT2D eigenvalue weighted by Crippen LogP contribution is -2.26. The average Bonchev–Trinajstić information content (AvgIpc) is 2.37. The van der Waals surface area contributed by atoms with Crippen LogP contribution in [0.5, 0.6) is 0 Å². The van der Waals surface area contributed by atoms with Crippen LogP contribution < -0.4 is 10.6 Å². The second-order valence-electron chi connectivity index (χ2n) is 5.12. The number of benzene rings is 1. The van der Waals surface area contributed by atoms with Crippen molar-refractivity contribution in [2.45, 2.75) is 33.7 Å². The first-order valence-electron chi connectivity index (χ1n) is 7.00. The van der Waals surface area contributed by atoms with E-state index in [-0.39, 0.29) is 0 Å². The number of hydrogen-bond acceptors (Lipinski definition) is 4. The van der Waals surface area contributed by atoms with E-state index in [4.69, 9.17) is 5.73 Å². The highest BCUT2D eigenvalue weighted by Crippen LogP contribution is 2.16. The Hall–Kier alpha value is -2.10. The molecule has 0 atom stereocenters. The monoisotopic (exact) mass is 270 g/mol. The summed E-state index contributed by atoms with van der Waals surface area (Å²) in [6.45, 7) is 7.88. The van der Waals surface area contributed by atoms with Gasteiger partial charge in [-0.05, 0) is 44.0 Å². The van der Waals surface area contributed by atoms with Gasteiger partial charge in [-0.25, -0.2) is 9.97 Å². The third-order valence-electron chi connectivity index (χ3n) is 3.07. The number of hydrogen-bond donors (Lipinski definition) is 1. The third-order valence-corrected chi connectivity index (χ3v) is 3.07. The lowest BCUT2D eigenvalue weighted by molar-refractivity contribution is 0.734. The molecule has 0 unspecified atom stereocenters. The molecule has 0 saturated carbocycles. The lowest BCUT2D eigenvalue weighted by atomic mass is 10.2. The van der Waals surface area contributed by atoms with Crippen LogP contribution >= 0.6 is 0 Å². The molecule has 106 valence electrons. The van der Waals surface area contributed by atoms with Crippen molar-refractivity contribution >= 4 is 11.6 Å². The zero-order valence-corrected chi connectivity index (χ0v) is 12.4. The molecule has 2 N–H and O–H groups in total. The Kier molecular flexibility index (Phi) is 4.56. The zero-order valence-electron chi connectivity index (χ0n) is 12.4. The Morgan fingerprint density at radius 2 is 1.80 bits per heavy atom. The second-order valence-corrected chi connectivity index (χ2v) is 5.12. The van der Waals surface area contributed by atoms with E-state index in [1.165, 1.54) is 5.56 Å². The first-order valence-corrected chi connectivity index (χ1v) is 7.00. The number of rotatable bonds is 5. The summed E-state index contributed by atoms with van der Waals surface area (Å²) in [6.07, 6.45) is 1.05. The highest BCUT2D eigenvalue weighted by Gasteiger charge is 2.10. The zero-order chi connectivity index (χ0) is 14.5. The minimum absolute atomic E-state index is 0.780. The summed E-state index contributed by atoms with van der Waals surface area (Å²) in [7, 11) is 0. The summed E-state index contributed by atoms with van der Waals surface area (Å²) >= 11 is 0. The van der Waals surface area contributed by atoms with Gasteiger partial charge in [0.2, 0.25) is 5.95 Å². The van der Waals surface area contributed by atoms with Gasteiger partial charge in [0, 0.05) is 30.2 Å². The lowest BCUT2D eigenvalue weighted by Gasteiger charge is -2.23. The van der Waals surface area contributed by atoms with Gasteiger partial charge in [-0.2, -0.15) is 0 Å². The maximum absolute atomic E-state index is 5.85. The highest BCUT2D eigenvalue weighted by atomic mass is 15.2. The molecule has 0 aliphatic rings. The first kappa shape index (κ1) is 14.3. The molecule has 0 spiro atoms. The van der Waals surface area contributed by atoms with Gasteiger partial charge in [-0.15, -0.1) is 0 Å². The van der Waals surface area contributed by atoms with Crippen LogP contribution in [-0.2, 0) is 6.54 Å². The van der Waals surface area contributed by atoms with Crippen molar-refractivity contribution < 1.29 is 0 Å². The molecule has 2 rings (SSSR count). The van der Waals surface area contributed by atoms with Crippen molar-refractivity contribution in [3.05, 3.63) is 47.3 Å². The number of aromatic nitrogens is 2. The van der Waals surface area contributed by atoms with E-state index in [1.807, 2.05) is 38.1 Å². The number of anilines is 2. The largest absolute Gasteiger partial charge is 0.399 e. The van der Waals surface area contributed by atoms with E-state index in [1.54, 1.807) is 0 Å². The smallest absolute Gasteiger partial charge is 0.226 e. The van der Waals surface area contributed by atoms with E-state index < -0.39 is 0 Å². The molecule has 0 saturated heterocycles. The van der Waals surface area contributed by atoms with Gasteiger partial charge in [0.25, 0.3) is 0 Å². The molecular weight excluding hydrogens is 248 g/mol. The van der Waals surface area contributed by atoms with E-state index >= 15 is 0 Å². The van der Waals surface area contributed by atoms with Gasteiger partial charge in [-0.3, -0.25) is 0 Å². The van der Waals surface area contributed by atoms with Crippen LogP contribution in [0.1, 0.15) is 30.3 Å². The summed E-state index contributed by atoms with van der Waals surface area (Å²) in [5, 5.41) is 0. The molecule has 1 aromatic heterocycles. The van der Waals surface area contributed by atoms with Gasteiger partial charge >= 0.3 is 0 Å². The molecule has 4 heteroatoms. The van der Waals surface area contributed by atoms with Gasteiger partial charge < -0.3 is 10.6 Å². The Balaban J connectivity index is 2.26. The van der Waals surface area contributed by atoms with Gasteiger partial charge in [-0.1, -0.05) is 19.1 Å². The summed E-state index contributed by atoms with van der Waals surface area (Å²) in [4.78, 5) is 11.3. The van der Waals surface area contributed by atoms with E-state index in [0.29, 0.717) is 0 Å². The number of aryl methyl sites for hydroxylation is 2. The molecule has 20 heavy (non-hydrogen) atoms. The van der Waals surface area contributed by atoms with Gasteiger partial charge in [0.1, 0.15) is 0 Å². The fourth-order valence-electron chi connectivity index (χ4n) is 2.28. The second kappa shape index (κ2) is 6.37. The minimum Gasteiger partial charge on any atom is -0.399 e. The Bertz CT molecular complexity index is 560.